The number of carbonyl (C=O) groups is 1. The van der Waals surface area contributed by atoms with E-state index in [1.807, 2.05) is 0 Å². The van der Waals surface area contributed by atoms with Crippen LogP contribution in [0, 0.1) is 5.92 Å². The van der Waals surface area contributed by atoms with Crippen molar-refractivity contribution in [3.05, 3.63) is 62.7 Å². The number of nitrogens with zero attached hydrogens (tertiary/aromatic N) is 3. The van der Waals surface area contributed by atoms with Crippen molar-refractivity contribution in [1.29, 1.82) is 0 Å². The van der Waals surface area contributed by atoms with E-state index in [4.69, 9.17) is 42.1 Å². The second kappa shape index (κ2) is 16.2. The van der Waals surface area contributed by atoms with E-state index in [9.17, 15) is 22.0 Å². The van der Waals surface area contributed by atoms with Crippen LogP contribution in [0.25, 0.3) is 0 Å². The number of pyridine rings is 1. The molecule has 0 radical (unpaired) electrons. The van der Waals surface area contributed by atoms with Crippen molar-refractivity contribution in [2.75, 3.05) is 63.7 Å². The van der Waals surface area contributed by atoms with Crippen LogP contribution in [0.15, 0.2) is 36.7 Å². The predicted octanol–water partition coefficient (Wildman–Crippen LogP) is 6.09. The summed E-state index contributed by atoms with van der Waals surface area (Å²) in [4.78, 5) is 19.9. The van der Waals surface area contributed by atoms with Crippen molar-refractivity contribution in [2.45, 2.75) is 32.0 Å². The zero-order chi connectivity index (χ0) is 34.4. The monoisotopic (exact) mass is 749 g/mol. The Bertz CT molecular complexity index is 1670. The maximum Gasteiger partial charge on any atom is 0.387 e. The molecule has 1 aromatic carbocycles. The summed E-state index contributed by atoms with van der Waals surface area (Å²) in [5.41, 5.74) is 0.835. The number of thiophene rings is 1. The molecule has 3 aromatic rings. The third kappa shape index (κ3) is 9.60. The van der Waals surface area contributed by atoms with E-state index < -0.39 is 28.7 Å². The normalized spacial score (nSPS) is 16.1. The van der Waals surface area contributed by atoms with Gasteiger partial charge in [-0.3, -0.25) is 14.2 Å². The summed E-state index contributed by atoms with van der Waals surface area (Å²) in [6.45, 7) is 0.278. The molecular formula is C31H35Cl2F2N3O8S2. The molecule has 0 N–H and O–H groups in total. The molecule has 3 heterocycles. The van der Waals surface area contributed by atoms with Crippen LogP contribution in [0.2, 0.25) is 10.0 Å². The van der Waals surface area contributed by atoms with Crippen LogP contribution in [0.3, 0.4) is 0 Å². The number of alkyl halides is 2. The van der Waals surface area contributed by atoms with E-state index in [2.05, 4.69) is 14.6 Å². The van der Waals surface area contributed by atoms with Gasteiger partial charge in [-0.05, 0) is 42.0 Å². The number of carbonyl (C=O) groups excluding carboxylic acids is 1. The average Bonchev–Trinajstić information content (AvgIpc) is 3.78. The summed E-state index contributed by atoms with van der Waals surface area (Å²) in [6, 6.07) is 5.71. The largest absolute Gasteiger partial charge is 0.494 e. The maximum atomic E-state index is 13.8. The summed E-state index contributed by atoms with van der Waals surface area (Å²) in [6.07, 6.45) is 4.79. The van der Waals surface area contributed by atoms with Gasteiger partial charge < -0.3 is 23.7 Å². The summed E-state index contributed by atoms with van der Waals surface area (Å²) in [7, 11) is -2.39. The molecule has 0 bridgehead atoms. The van der Waals surface area contributed by atoms with Gasteiger partial charge >= 0.3 is 12.6 Å². The summed E-state index contributed by atoms with van der Waals surface area (Å²) in [5, 5.41) is 0.687. The maximum absolute atomic E-state index is 13.8. The number of hydrogen-bond acceptors (Lipinski definition) is 11. The van der Waals surface area contributed by atoms with Crippen LogP contribution in [-0.2, 0) is 25.9 Å². The van der Waals surface area contributed by atoms with E-state index >= 15 is 0 Å². The lowest BCUT2D eigenvalue weighted by atomic mass is 10.0. The third-order valence-corrected chi connectivity index (χ3v) is 10.8. The molecule has 1 aliphatic carbocycles. The minimum Gasteiger partial charge on any atom is -0.494 e. The lowest BCUT2D eigenvalue weighted by molar-refractivity contribution is -0.0515. The number of esters is 1. The van der Waals surface area contributed by atoms with Crippen molar-refractivity contribution in [3.63, 3.8) is 0 Å². The van der Waals surface area contributed by atoms with Gasteiger partial charge in [-0.25, -0.2) is 13.2 Å². The van der Waals surface area contributed by atoms with Gasteiger partial charge in [0.15, 0.2) is 17.2 Å². The number of benzene rings is 1. The molecule has 17 heteroatoms. The second-order valence-corrected chi connectivity index (χ2v) is 15.0. The molecule has 0 spiro atoms. The molecular weight excluding hydrogens is 715 g/mol. The zero-order valence-electron chi connectivity index (χ0n) is 26.2. The topological polar surface area (TPSA) is 117 Å². The van der Waals surface area contributed by atoms with E-state index in [0.29, 0.717) is 56.5 Å². The zero-order valence-corrected chi connectivity index (χ0v) is 29.3. The Kier molecular flexibility index (Phi) is 12.2. The fourth-order valence-corrected chi connectivity index (χ4v) is 7.80. The first-order valence-corrected chi connectivity index (χ1v) is 18.5. The number of aromatic nitrogens is 1. The van der Waals surface area contributed by atoms with E-state index in [0.717, 1.165) is 30.4 Å². The molecule has 11 nitrogen and oxygen atoms in total. The molecule has 1 saturated carbocycles. The number of ether oxygens (including phenoxy) is 5. The molecule has 48 heavy (non-hydrogen) atoms. The quantitative estimate of drug-likeness (QED) is 0.159. The van der Waals surface area contributed by atoms with Crippen molar-refractivity contribution < 1.29 is 45.7 Å². The van der Waals surface area contributed by atoms with E-state index in [1.54, 1.807) is 0 Å². The van der Waals surface area contributed by atoms with Crippen LogP contribution in [0.1, 0.15) is 39.7 Å². The highest BCUT2D eigenvalue weighted by molar-refractivity contribution is 7.92. The number of rotatable bonds is 16. The van der Waals surface area contributed by atoms with Gasteiger partial charge in [-0.15, -0.1) is 11.3 Å². The van der Waals surface area contributed by atoms with Gasteiger partial charge in [0.2, 0.25) is 10.0 Å². The van der Waals surface area contributed by atoms with Crippen molar-refractivity contribution >= 4 is 55.5 Å². The molecule has 1 atom stereocenters. The Morgan fingerprint density at radius 1 is 1.12 bits per heavy atom. The van der Waals surface area contributed by atoms with Crippen LogP contribution in [0.4, 0.5) is 13.8 Å². The van der Waals surface area contributed by atoms with Crippen LogP contribution in [0.5, 0.6) is 17.2 Å². The second-order valence-electron chi connectivity index (χ2n) is 11.3. The minimum atomic E-state index is -3.77. The molecule has 2 aliphatic rings. The Morgan fingerprint density at radius 2 is 1.83 bits per heavy atom. The Morgan fingerprint density at radius 3 is 2.46 bits per heavy atom. The molecule has 0 amide bonds. The number of hydrogen-bond donors (Lipinski definition) is 0. The number of sulfonamides is 1. The highest BCUT2D eigenvalue weighted by atomic mass is 35.5. The van der Waals surface area contributed by atoms with Crippen LogP contribution < -0.4 is 18.5 Å². The minimum absolute atomic E-state index is 0.00652. The predicted molar refractivity (Wildman–Crippen MR) is 178 cm³/mol. The lowest BCUT2D eigenvalue weighted by Gasteiger charge is -2.29. The fraction of sp³-hybridized carbons (Fsp3) is 0.484. The molecule has 262 valence electrons. The lowest BCUT2D eigenvalue weighted by Crippen LogP contribution is -2.42. The summed E-state index contributed by atoms with van der Waals surface area (Å²) >= 11 is 13.8. The number of halogens is 4. The number of morpholine rings is 1. The number of methoxy groups -OCH3 is 1. The van der Waals surface area contributed by atoms with Gasteiger partial charge in [-0.1, -0.05) is 29.3 Å². The average molecular weight is 751 g/mol. The van der Waals surface area contributed by atoms with Crippen LogP contribution in [-0.4, -0.2) is 90.2 Å². The first-order chi connectivity index (χ1) is 22.9. The smallest absolute Gasteiger partial charge is 0.387 e. The Labute approximate surface area is 291 Å². The summed E-state index contributed by atoms with van der Waals surface area (Å²) in [5.74, 6) is -0.382. The van der Waals surface area contributed by atoms with Crippen molar-refractivity contribution in [1.82, 2.24) is 9.88 Å². The van der Waals surface area contributed by atoms with Crippen LogP contribution >= 0.6 is 34.5 Å². The standard InChI is InChI=1S/C31H35Cl2F2N3O8S2/c1-42-27-15-28(47-29(27)38(48(2,40)41)8-7-37-9-11-43-12-10-37)30(39)45-25(14-21-22(32)16-36-17-23(21)33)20-5-6-24(46-31(34)35)26(13-20)44-18-19-3-4-19/h5-6,13,15-17,19,25,31H,3-4,7-12,14,18H2,1-2H3/t25-/m0/s1. The van der Waals surface area contributed by atoms with Gasteiger partial charge in [0.25, 0.3) is 0 Å². The molecule has 0 unspecified atom stereocenters. The first-order valence-electron chi connectivity index (χ1n) is 15.1. The van der Waals surface area contributed by atoms with Crippen molar-refractivity contribution in [2.24, 2.45) is 5.92 Å². The van der Waals surface area contributed by atoms with Gasteiger partial charge in [0.05, 0.1) is 43.2 Å². The summed E-state index contributed by atoms with van der Waals surface area (Å²) < 4.78 is 80.9. The van der Waals surface area contributed by atoms with E-state index in [-0.39, 0.29) is 50.1 Å². The fourth-order valence-electron chi connectivity index (χ4n) is 5.02. The Hall–Kier alpha value is -2.95. The Balaban J connectivity index is 1.45. The van der Waals surface area contributed by atoms with Gasteiger partial charge in [0, 0.05) is 51.1 Å². The third-order valence-electron chi connectivity index (χ3n) is 7.77. The van der Waals surface area contributed by atoms with Crippen molar-refractivity contribution in [3.8, 4) is 17.2 Å². The molecule has 5 rings (SSSR count). The highest BCUT2D eigenvalue weighted by Crippen LogP contribution is 2.42. The highest BCUT2D eigenvalue weighted by Gasteiger charge is 2.30. The molecule has 2 aromatic heterocycles. The number of anilines is 1. The first kappa shape index (κ1) is 36.3. The molecule has 1 saturated heterocycles. The SMILES string of the molecule is COc1cc(C(=O)O[C@@H](Cc2c(Cl)cncc2Cl)c2ccc(OC(F)F)c(OCC3CC3)c2)sc1N(CCN1CCOCC1)S(C)(=O)=O. The molecule has 1 aliphatic heterocycles. The van der Waals surface area contributed by atoms with Gasteiger partial charge in [-0.2, -0.15) is 8.78 Å². The van der Waals surface area contributed by atoms with E-state index in [1.165, 1.54) is 48.1 Å². The molecule has 2 fully saturated rings. The van der Waals surface area contributed by atoms with Gasteiger partial charge in [0.1, 0.15) is 16.0 Å².